The molecule has 2 saturated carbocycles. The summed E-state index contributed by atoms with van der Waals surface area (Å²) in [6.45, 7) is 2.40. The van der Waals surface area contributed by atoms with E-state index in [9.17, 15) is 10.2 Å². The number of benzene rings is 1. The lowest BCUT2D eigenvalue weighted by Gasteiger charge is -2.49. The maximum atomic E-state index is 10.1. The Morgan fingerprint density at radius 2 is 2.10 bits per heavy atom. The second kappa shape index (κ2) is 4.24. The maximum absolute atomic E-state index is 10.1. The van der Waals surface area contributed by atoms with Crippen LogP contribution in [0.5, 0.6) is 5.75 Å². The van der Waals surface area contributed by atoms with Crippen LogP contribution in [0.15, 0.2) is 18.2 Å². The van der Waals surface area contributed by atoms with Gasteiger partial charge in [-0.3, -0.25) is 0 Å². The number of aromatic hydroxyl groups is 1. The highest BCUT2D eigenvalue weighted by Crippen LogP contribution is 2.60. The molecule has 5 atom stereocenters. The zero-order chi connectivity index (χ0) is 13.9. The molecule has 0 heterocycles. The normalized spacial score (nSPS) is 42.7. The topological polar surface area (TPSA) is 40.5 Å². The lowest BCUT2D eigenvalue weighted by Crippen LogP contribution is -2.39. The van der Waals surface area contributed by atoms with Crippen LogP contribution < -0.4 is 0 Å². The predicted molar refractivity (Wildman–Crippen MR) is 78.7 cm³/mol. The van der Waals surface area contributed by atoms with Crippen LogP contribution in [0.1, 0.15) is 56.1 Å². The van der Waals surface area contributed by atoms with Crippen molar-refractivity contribution >= 4 is 0 Å². The quantitative estimate of drug-likeness (QED) is 0.757. The summed E-state index contributed by atoms with van der Waals surface area (Å²) in [6, 6.07) is 5.96. The second-order valence-corrected chi connectivity index (χ2v) is 7.58. The summed E-state index contributed by atoms with van der Waals surface area (Å²) in [4.78, 5) is 0. The Morgan fingerprint density at radius 3 is 2.95 bits per heavy atom. The van der Waals surface area contributed by atoms with E-state index in [-0.39, 0.29) is 6.10 Å². The van der Waals surface area contributed by atoms with Gasteiger partial charge in [-0.25, -0.2) is 0 Å². The van der Waals surface area contributed by atoms with Gasteiger partial charge in [0.1, 0.15) is 5.75 Å². The summed E-state index contributed by atoms with van der Waals surface area (Å²) in [5, 5.41) is 19.8. The first-order valence-corrected chi connectivity index (χ1v) is 8.07. The zero-order valence-electron chi connectivity index (χ0n) is 12.2. The van der Waals surface area contributed by atoms with Gasteiger partial charge in [0.05, 0.1) is 6.10 Å². The molecule has 5 unspecified atom stereocenters. The molecule has 4 rings (SSSR count). The zero-order valence-corrected chi connectivity index (χ0v) is 12.2. The molecule has 0 radical (unpaired) electrons. The molecule has 2 fully saturated rings. The van der Waals surface area contributed by atoms with Gasteiger partial charge in [-0.15, -0.1) is 0 Å². The van der Waals surface area contributed by atoms with Gasteiger partial charge >= 0.3 is 0 Å². The van der Waals surface area contributed by atoms with Crippen molar-refractivity contribution in [2.75, 3.05) is 0 Å². The van der Waals surface area contributed by atoms with E-state index in [1.165, 1.54) is 30.4 Å². The Hall–Kier alpha value is -1.02. The van der Waals surface area contributed by atoms with Gasteiger partial charge in [0.25, 0.3) is 0 Å². The molecule has 2 heteroatoms. The number of aliphatic hydroxyl groups is 1. The van der Waals surface area contributed by atoms with Crippen molar-refractivity contribution < 1.29 is 10.2 Å². The fourth-order valence-electron chi connectivity index (χ4n) is 5.59. The van der Waals surface area contributed by atoms with Crippen molar-refractivity contribution in [3.63, 3.8) is 0 Å². The number of aliphatic hydroxyl groups excluding tert-OH is 1. The molecule has 3 aliphatic rings. The van der Waals surface area contributed by atoms with Crippen LogP contribution in [-0.2, 0) is 6.42 Å². The van der Waals surface area contributed by atoms with Crippen molar-refractivity contribution in [3.05, 3.63) is 29.3 Å². The minimum absolute atomic E-state index is 0.0787. The van der Waals surface area contributed by atoms with E-state index >= 15 is 0 Å². The Bertz CT molecular complexity index is 538. The number of fused-ring (bicyclic) bond motifs is 5. The lowest BCUT2D eigenvalue weighted by molar-refractivity contribution is 0.0596. The largest absolute Gasteiger partial charge is 0.508 e. The molecule has 108 valence electrons. The number of rotatable bonds is 0. The summed E-state index contributed by atoms with van der Waals surface area (Å²) >= 11 is 0. The van der Waals surface area contributed by atoms with Crippen LogP contribution in [0, 0.1) is 17.3 Å². The van der Waals surface area contributed by atoms with Gasteiger partial charge in [0, 0.05) is 0 Å². The Labute approximate surface area is 120 Å². The van der Waals surface area contributed by atoms with E-state index in [1.807, 2.05) is 12.1 Å². The molecular weight excluding hydrogens is 248 g/mol. The van der Waals surface area contributed by atoms with Gasteiger partial charge < -0.3 is 10.2 Å². The number of aryl methyl sites for hydroxylation is 1. The molecule has 0 aliphatic heterocycles. The van der Waals surface area contributed by atoms with Gasteiger partial charge in [-0.1, -0.05) is 13.0 Å². The highest BCUT2D eigenvalue weighted by molar-refractivity contribution is 5.40. The second-order valence-electron chi connectivity index (χ2n) is 7.58. The molecule has 2 nitrogen and oxygen atoms in total. The smallest absolute Gasteiger partial charge is 0.115 e. The third-order valence-electron chi connectivity index (χ3n) is 6.46. The minimum atomic E-state index is -0.0787. The van der Waals surface area contributed by atoms with E-state index in [0.717, 1.165) is 25.2 Å². The molecule has 0 aromatic heterocycles. The third-order valence-corrected chi connectivity index (χ3v) is 6.46. The Kier molecular flexibility index (Phi) is 2.69. The molecule has 0 spiro atoms. The van der Waals surface area contributed by atoms with E-state index in [0.29, 0.717) is 23.0 Å². The van der Waals surface area contributed by atoms with E-state index < -0.39 is 0 Å². The first kappa shape index (κ1) is 12.7. The minimum Gasteiger partial charge on any atom is -0.508 e. The van der Waals surface area contributed by atoms with Crippen LogP contribution in [0.3, 0.4) is 0 Å². The van der Waals surface area contributed by atoms with Crippen molar-refractivity contribution in [2.24, 2.45) is 17.3 Å². The van der Waals surface area contributed by atoms with Crippen LogP contribution in [0.4, 0.5) is 0 Å². The highest BCUT2D eigenvalue weighted by atomic mass is 16.3. The van der Waals surface area contributed by atoms with Gasteiger partial charge in [-0.2, -0.15) is 0 Å². The van der Waals surface area contributed by atoms with Crippen LogP contribution in [0.25, 0.3) is 0 Å². The number of phenols is 1. The van der Waals surface area contributed by atoms with Crippen LogP contribution in [0.2, 0.25) is 0 Å². The third kappa shape index (κ3) is 1.74. The van der Waals surface area contributed by atoms with Gasteiger partial charge in [0.2, 0.25) is 0 Å². The lowest BCUT2D eigenvalue weighted by atomic mass is 9.56. The maximum Gasteiger partial charge on any atom is 0.115 e. The summed E-state index contributed by atoms with van der Waals surface area (Å²) in [5.41, 5.74) is 3.20. The number of hydrogen-bond donors (Lipinski definition) is 2. The fraction of sp³-hybridized carbons (Fsp3) is 0.667. The van der Waals surface area contributed by atoms with Crippen molar-refractivity contribution in [1.29, 1.82) is 0 Å². The summed E-state index contributed by atoms with van der Waals surface area (Å²) in [6.07, 6.45) is 6.75. The van der Waals surface area contributed by atoms with Crippen LogP contribution in [-0.4, -0.2) is 16.3 Å². The number of hydrogen-bond acceptors (Lipinski definition) is 2. The summed E-state index contributed by atoms with van der Waals surface area (Å²) in [5.74, 6) is 2.49. The SMILES string of the molecule is CC12CCC3c4ccc(O)cc4CCC3C1CC(O)C2. The van der Waals surface area contributed by atoms with E-state index in [2.05, 4.69) is 13.0 Å². The number of phenolic OH excluding ortho intramolecular Hbond substituents is 1. The average molecular weight is 272 g/mol. The fourth-order valence-corrected chi connectivity index (χ4v) is 5.59. The molecule has 1 aromatic rings. The van der Waals surface area contributed by atoms with Gasteiger partial charge in [-0.05, 0) is 85.0 Å². The first-order chi connectivity index (χ1) is 9.57. The van der Waals surface area contributed by atoms with E-state index in [1.54, 1.807) is 0 Å². The van der Waals surface area contributed by atoms with E-state index in [4.69, 9.17) is 0 Å². The standard InChI is InChI=1S/C18H24O2/c1-18-7-6-15-14-5-3-12(19)8-11(14)2-4-16(15)17(18)9-13(20)10-18/h3,5,8,13,15-17,19-20H,2,4,6-7,9-10H2,1H3. The molecule has 20 heavy (non-hydrogen) atoms. The Balaban J connectivity index is 1.70. The monoisotopic (exact) mass is 272 g/mol. The highest BCUT2D eigenvalue weighted by Gasteiger charge is 2.52. The molecule has 2 N–H and O–H groups in total. The average Bonchev–Trinajstić information content (AvgIpc) is 2.72. The van der Waals surface area contributed by atoms with Gasteiger partial charge in [0.15, 0.2) is 0 Å². The van der Waals surface area contributed by atoms with Crippen molar-refractivity contribution in [1.82, 2.24) is 0 Å². The summed E-state index contributed by atoms with van der Waals surface area (Å²) in [7, 11) is 0. The molecule has 0 amide bonds. The molecule has 0 saturated heterocycles. The molecule has 3 aliphatic carbocycles. The van der Waals surface area contributed by atoms with Crippen molar-refractivity contribution in [3.8, 4) is 5.75 Å². The van der Waals surface area contributed by atoms with Crippen molar-refractivity contribution in [2.45, 2.75) is 57.5 Å². The van der Waals surface area contributed by atoms with Crippen LogP contribution >= 0.6 is 0 Å². The Morgan fingerprint density at radius 1 is 1.25 bits per heavy atom. The molecular formula is C18H24O2. The molecule has 0 bridgehead atoms. The predicted octanol–water partition coefficient (Wildman–Crippen LogP) is 3.61. The first-order valence-electron chi connectivity index (χ1n) is 8.07. The molecule has 1 aromatic carbocycles. The summed E-state index contributed by atoms with van der Waals surface area (Å²) < 4.78 is 0.